The first-order chi connectivity index (χ1) is 21.3. The number of methoxy groups -OCH3 is 2. The summed E-state index contributed by atoms with van der Waals surface area (Å²) in [7, 11) is 3.14. The van der Waals surface area contributed by atoms with Gasteiger partial charge in [-0.25, -0.2) is 4.79 Å². The van der Waals surface area contributed by atoms with Gasteiger partial charge in [-0.3, -0.25) is 0 Å². The SMILES string of the molecule is COC(=O)C1(Nc2cccc(Cl)c2)CCC2(C=CC3=C2C(C[C@@H](C)COCc2ccc(OC)cc2)=C2OCCOC2C3)CC1. The van der Waals surface area contributed by atoms with Crippen molar-refractivity contribution in [2.45, 2.75) is 63.7 Å². The predicted octanol–water partition coefficient (Wildman–Crippen LogP) is 7.42. The second kappa shape index (κ2) is 13.0. The molecular weight excluding hydrogens is 578 g/mol. The monoisotopic (exact) mass is 619 g/mol. The van der Waals surface area contributed by atoms with Crippen LogP contribution in [0.3, 0.4) is 0 Å². The van der Waals surface area contributed by atoms with E-state index >= 15 is 0 Å². The van der Waals surface area contributed by atoms with Crippen molar-refractivity contribution in [2.75, 3.05) is 39.4 Å². The number of hydrogen-bond donors (Lipinski definition) is 1. The predicted molar refractivity (Wildman–Crippen MR) is 171 cm³/mol. The van der Waals surface area contributed by atoms with E-state index in [1.54, 1.807) is 7.11 Å². The minimum absolute atomic E-state index is 0.0491. The Morgan fingerprint density at radius 3 is 2.61 bits per heavy atom. The molecular formula is C36H42ClNO6. The van der Waals surface area contributed by atoms with E-state index in [1.807, 2.05) is 48.5 Å². The Bertz CT molecular complexity index is 1450. The highest BCUT2D eigenvalue weighted by molar-refractivity contribution is 6.30. The van der Waals surface area contributed by atoms with Crippen molar-refractivity contribution in [1.29, 1.82) is 0 Å². The van der Waals surface area contributed by atoms with Crippen LogP contribution in [0.5, 0.6) is 5.75 Å². The number of allylic oxidation sites excluding steroid dienone is 4. The normalized spacial score (nSPS) is 26.6. The zero-order valence-electron chi connectivity index (χ0n) is 25.8. The van der Waals surface area contributed by atoms with E-state index in [1.165, 1.54) is 23.8 Å². The summed E-state index contributed by atoms with van der Waals surface area (Å²) in [6.07, 6.45) is 9.18. The minimum Gasteiger partial charge on any atom is -0.497 e. The van der Waals surface area contributed by atoms with Crippen molar-refractivity contribution >= 4 is 23.3 Å². The van der Waals surface area contributed by atoms with Gasteiger partial charge in [0.1, 0.15) is 29.8 Å². The van der Waals surface area contributed by atoms with Crippen molar-refractivity contribution in [3.63, 3.8) is 0 Å². The van der Waals surface area contributed by atoms with Crippen LogP contribution >= 0.6 is 11.6 Å². The molecule has 1 saturated carbocycles. The topological polar surface area (TPSA) is 75.3 Å². The highest BCUT2D eigenvalue weighted by Crippen LogP contribution is 2.57. The molecule has 7 nitrogen and oxygen atoms in total. The Hall–Kier alpha value is -3.26. The summed E-state index contributed by atoms with van der Waals surface area (Å²) in [6.45, 7) is 4.59. The molecule has 1 unspecified atom stereocenters. The van der Waals surface area contributed by atoms with Gasteiger partial charge in [0.15, 0.2) is 0 Å². The number of rotatable bonds is 10. The number of hydrogen-bond acceptors (Lipinski definition) is 7. The van der Waals surface area contributed by atoms with Gasteiger partial charge in [0.05, 0.1) is 27.4 Å². The van der Waals surface area contributed by atoms with Crippen LogP contribution < -0.4 is 10.1 Å². The zero-order chi connectivity index (χ0) is 30.7. The van der Waals surface area contributed by atoms with E-state index in [-0.39, 0.29) is 23.4 Å². The average molecular weight is 620 g/mol. The van der Waals surface area contributed by atoms with Crippen molar-refractivity contribution in [2.24, 2.45) is 11.3 Å². The number of carbonyl (C=O) groups excluding carboxylic acids is 1. The molecule has 234 valence electrons. The molecule has 1 N–H and O–H groups in total. The van der Waals surface area contributed by atoms with Crippen LogP contribution in [0, 0.1) is 11.3 Å². The molecule has 44 heavy (non-hydrogen) atoms. The molecule has 0 amide bonds. The highest BCUT2D eigenvalue weighted by Gasteiger charge is 2.52. The molecule has 1 heterocycles. The molecule has 8 heteroatoms. The van der Waals surface area contributed by atoms with E-state index in [0.717, 1.165) is 48.4 Å². The summed E-state index contributed by atoms with van der Waals surface area (Å²) in [5.74, 6) is 1.86. The summed E-state index contributed by atoms with van der Waals surface area (Å²) in [5, 5.41) is 4.14. The molecule has 6 rings (SSSR count). The molecule has 3 aliphatic carbocycles. The Kier molecular flexibility index (Phi) is 9.08. The molecule has 0 aromatic heterocycles. The number of ether oxygens (including phenoxy) is 5. The molecule has 2 aromatic carbocycles. The number of esters is 1. The molecule has 1 spiro atoms. The third-order valence-electron chi connectivity index (χ3n) is 9.54. The molecule has 1 aliphatic heterocycles. The van der Waals surface area contributed by atoms with Crippen LogP contribution in [0.2, 0.25) is 5.02 Å². The van der Waals surface area contributed by atoms with E-state index < -0.39 is 5.54 Å². The van der Waals surface area contributed by atoms with E-state index in [2.05, 4.69) is 24.4 Å². The number of nitrogens with one attached hydrogen (secondary N) is 1. The van der Waals surface area contributed by atoms with Crippen LogP contribution in [0.4, 0.5) is 5.69 Å². The van der Waals surface area contributed by atoms with Crippen molar-refractivity contribution in [3.05, 3.63) is 93.7 Å². The standard InChI is InChI=1S/C36H42ClNO6/c1-24(22-42-23-25-7-9-29(40-2)10-8-25)19-30-32-26(20-31-33(30)44-18-17-43-31)11-12-35(32)13-15-36(16-14-35,34(39)41-3)38-28-6-4-5-27(37)21-28/h4-12,21,24,31,38H,13-20,22-23H2,1-3H3/t24-,31?,35?,36?/m1/s1. The van der Waals surface area contributed by atoms with Crippen LogP contribution in [0.15, 0.2) is 83.2 Å². The number of halogens is 1. The van der Waals surface area contributed by atoms with Crippen LogP contribution in [-0.2, 0) is 30.3 Å². The van der Waals surface area contributed by atoms with Gasteiger partial charge in [-0.15, -0.1) is 0 Å². The van der Waals surface area contributed by atoms with Crippen molar-refractivity contribution in [3.8, 4) is 5.75 Å². The molecule has 0 bridgehead atoms. The molecule has 2 atom stereocenters. The second-order valence-corrected chi connectivity index (χ2v) is 13.0. The fourth-order valence-electron chi connectivity index (χ4n) is 7.34. The smallest absolute Gasteiger partial charge is 0.331 e. The highest BCUT2D eigenvalue weighted by atomic mass is 35.5. The largest absolute Gasteiger partial charge is 0.497 e. The maximum Gasteiger partial charge on any atom is 0.331 e. The third kappa shape index (κ3) is 6.15. The van der Waals surface area contributed by atoms with Gasteiger partial charge in [0.25, 0.3) is 0 Å². The second-order valence-electron chi connectivity index (χ2n) is 12.5. The van der Waals surface area contributed by atoms with Crippen molar-refractivity contribution in [1.82, 2.24) is 0 Å². The lowest BCUT2D eigenvalue weighted by molar-refractivity contribution is -0.147. The first-order valence-corrected chi connectivity index (χ1v) is 16.0. The summed E-state index contributed by atoms with van der Waals surface area (Å²) in [5.41, 5.74) is 4.92. The van der Waals surface area contributed by atoms with E-state index in [0.29, 0.717) is 44.3 Å². The molecule has 2 fully saturated rings. The Balaban J connectivity index is 1.20. The lowest BCUT2D eigenvalue weighted by Gasteiger charge is -2.46. The number of anilines is 1. The third-order valence-corrected chi connectivity index (χ3v) is 9.78. The maximum absolute atomic E-state index is 13.3. The fourth-order valence-corrected chi connectivity index (χ4v) is 7.54. The summed E-state index contributed by atoms with van der Waals surface area (Å²) in [4.78, 5) is 13.3. The van der Waals surface area contributed by atoms with Gasteiger partial charge in [0, 0.05) is 29.2 Å². The maximum atomic E-state index is 13.3. The Morgan fingerprint density at radius 1 is 1.09 bits per heavy atom. The molecule has 2 aromatic rings. The van der Waals surface area contributed by atoms with Gasteiger partial charge in [-0.2, -0.15) is 0 Å². The van der Waals surface area contributed by atoms with Crippen LogP contribution in [-0.4, -0.2) is 51.7 Å². The summed E-state index contributed by atoms with van der Waals surface area (Å²) in [6, 6.07) is 15.5. The number of benzene rings is 2. The fraction of sp³-hybridized carbons (Fsp3) is 0.472. The Labute approximate surface area is 265 Å². The summed E-state index contributed by atoms with van der Waals surface area (Å²) >= 11 is 6.27. The van der Waals surface area contributed by atoms with E-state index in [9.17, 15) is 4.79 Å². The average Bonchev–Trinajstić information content (AvgIpc) is 3.39. The van der Waals surface area contributed by atoms with Crippen LogP contribution in [0.1, 0.15) is 51.0 Å². The number of fused-ring (bicyclic) bond motifs is 2. The molecule has 4 aliphatic rings. The first kappa shape index (κ1) is 30.8. The molecule has 1 saturated heterocycles. The van der Waals surface area contributed by atoms with Gasteiger partial charge >= 0.3 is 5.97 Å². The number of carbonyl (C=O) groups is 1. The van der Waals surface area contributed by atoms with Crippen molar-refractivity contribution < 1.29 is 28.5 Å². The van der Waals surface area contributed by atoms with Crippen LogP contribution in [0.25, 0.3) is 0 Å². The van der Waals surface area contributed by atoms with E-state index in [4.69, 9.17) is 35.3 Å². The quantitative estimate of drug-likeness (QED) is 0.278. The Morgan fingerprint density at radius 2 is 1.89 bits per heavy atom. The minimum atomic E-state index is -0.820. The van der Waals surface area contributed by atoms with Gasteiger partial charge in [-0.1, -0.05) is 48.9 Å². The van der Waals surface area contributed by atoms with Gasteiger partial charge in [0.2, 0.25) is 0 Å². The molecule has 0 radical (unpaired) electrons. The lowest BCUT2D eigenvalue weighted by Crippen LogP contribution is -2.52. The van der Waals surface area contributed by atoms with Gasteiger partial charge < -0.3 is 29.0 Å². The first-order valence-electron chi connectivity index (χ1n) is 15.6. The zero-order valence-corrected chi connectivity index (χ0v) is 26.6. The van der Waals surface area contributed by atoms with Gasteiger partial charge in [-0.05, 0) is 90.6 Å². The lowest BCUT2D eigenvalue weighted by atomic mass is 9.61. The summed E-state index contributed by atoms with van der Waals surface area (Å²) < 4.78 is 29.4.